The number of carbonyl (C=O) groups excluding carboxylic acids is 1. The summed E-state index contributed by atoms with van der Waals surface area (Å²) in [7, 11) is 1.56. The molecule has 0 bridgehead atoms. The number of nitrogens with one attached hydrogen (secondary N) is 1. The predicted octanol–water partition coefficient (Wildman–Crippen LogP) is 4.48. The fourth-order valence-electron chi connectivity index (χ4n) is 3.71. The van der Waals surface area contributed by atoms with E-state index in [0.29, 0.717) is 22.7 Å². The lowest BCUT2D eigenvalue weighted by Crippen LogP contribution is -2.18. The average Bonchev–Trinajstić information content (AvgIpc) is 3.13. The Morgan fingerprint density at radius 3 is 2.56 bits per heavy atom. The van der Waals surface area contributed by atoms with Crippen LogP contribution in [0.25, 0.3) is 16.7 Å². The second-order valence-corrected chi connectivity index (χ2v) is 7.82. The molecule has 0 aliphatic carbocycles. The van der Waals surface area contributed by atoms with E-state index in [4.69, 9.17) is 9.15 Å². The Morgan fingerprint density at radius 1 is 1.09 bits per heavy atom. The molecule has 0 saturated heterocycles. The number of methoxy groups -OCH3 is 1. The van der Waals surface area contributed by atoms with Crippen molar-refractivity contribution < 1.29 is 13.9 Å². The molecule has 2 aromatic carbocycles. The van der Waals surface area contributed by atoms with Gasteiger partial charge in [0, 0.05) is 29.5 Å². The van der Waals surface area contributed by atoms with E-state index in [0.717, 1.165) is 27.9 Å². The number of hydrogen-bond donors (Lipinski definition) is 1. The minimum absolute atomic E-state index is 0.144. The van der Waals surface area contributed by atoms with E-state index >= 15 is 0 Å². The van der Waals surface area contributed by atoms with Crippen molar-refractivity contribution in [2.24, 2.45) is 0 Å². The number of aromatic nitrogens is 2. The third-order valence-corrected chi connectivity index (χ3v) is 5.47. The fourth-order valence-corrected chi connectivity index (χ4v) is 3.71. The number of benzene rings is 2. The van der Waals surface area contributed by atoms with E-state index in [1.807, 2.05) is 63.2 Å². The van der Waals surface area contributed by atoms with Crippen LogP contribution in [0.1, 0.15) is 28.8 Å². The van der Waals surface area contributed by atoms with Gasteiger partial charge in [0.2, 0.25) is 5.91 Å². The lowest BCUT2D eigenvalue weighted by molar-refractivity contribution is -0.116. The SMILES string of the molecule is COc1ccc2c(C)c(CCC(=O)Nc3cc(C)nn3-c3ccc(C)cc3)c(=O)oc2c1. The van der Waals surface area contributed by atoms with E-state index in [-0.39, 0.29) is 18.7 Å². The summed E-state index contributed by atoms with van der Waals surface area (Å²) in [6.07, 6.45) is 0.422. The first-order valence-electron chi connectivity index (χ1n) is 10.4. The summed E-state index contributed by atoms with van der Waals surface area (Å²) >= 11 is 0. The molecule has 7 nitrogen and oxygen atoms in total. The maximum atomic E-state index is 12.7. The predicted molar refractivity (Wildman–Crippen MR) is 124 cm³/mol. The van der Waals surface area contributed by atoms with Gasteiger partial charge in [0.25, 0.3) is 0 Å². The first-order valence-corrected chi connectivity index (χ1v) is 10.4. The number of hydrogen-bond acceptors (Lipinski definition) is 5. The van der Waals surface area contributed by atoms with Gasteiger partial charge in [-0.2, -0.15) is 5.10 Å². The molecule has 0 saturated carbocycles. The Morgan fingerprint density at radius 2 is 1.84 bits per heavy atom. The van der Waals surface area contributed by atoms with Crippen LogP contribution >= 0.6 is 0 Å². The van der Waals surface area contributed by atoms with E-state index in [1.54, 1.807) is 17.9 Å². The molecule has 1 amide bonds. The Labute approximate surface area is 185 Å². The second-order valence-electron chi connectivity index (χ2n) is 7.82. The van der Waals surface area contributed by atoms with Crippen LogP contribution < -0.4 is 15.7 Å². The molecule has 0 radical (unpaired) electrons. The Kier molecular flexibility index (Phi) is 5.81. The highest BCUT2D eigenvalue weighted by atomic mass is 16.5. The molecule has 0 aliphatic heterocycles. The summed E-state index contributed by atoms with van der Waals surface area (Å²) in [5.41, 5.74) is 4.15. The van der Waals surface area contributed by atoms with Crippen LogP contribution in [0.3, 0.4) is 0 Å². The van der Waals surface area contributed by atoms with Crippen LogP contribution in [0.5, 0.6) is 5.75 Å². The van der Waals surface area contributed by atoms with Gasteiger partial charge in [-0.1, -0.05) is 17.7 Å². The Hall–Kier alpha value is -3.87. The Balaban J connectivity index is 1.52. The lowest BCUT2D eigenvalue weighted by atomic mass is 10.0. The number of rotatable bonds is 6. The smallest absolute Gasteiger partial charge is 0.339 e. The molecule has 7 heteroatoms. The fraction of sp³-hybridized carbons (Fsp3) is 0.240. The van der Waals surface area contributed by atoms with Crippen molar-refractivity contribution in [2.75, 3.05) is 12.4 Å². The van der Waals surface area contributed by atoms with Gasteiger partial charge in [-0.25, -0.2) is 9.48 Å². The quantitative estimate of drug-likeness (QED) is 0.455. The molecule has 0 spiro atoms. The zero-order valence-corrected chi connectivity index (χ0v) is 18.6. The maximum absolute atomic E-state index is 12.7. The van der Waals surface area contributed by atoms with Crippen molar-refractivity contribution in [3.8, 4) is 11.4 Å². The minimum atomic E-state index is -0.434. The van der Waals surface area contributed by atoms with Gasteiger partial charge in [-0.05, 0) is 57.0 Å². The van der Waals surface area contributed by atoms with Gasteiger partial charge < -0.3 is 14.5 Å². The van der Waals surface area contributed by atoms with Crippen LogP contribution in [0.4, 0.5) is 5.82 Å². The van der Waals surface area contributed by atoms with Gasteiger partial charge in [-0.3, -0.25) is 4.79 Å². The standard InChI is InChI=1S/C25H25N3O4/c1-15-5-7-18(8-6-15)28-23(13-16(2)27-28)26-24(29)12-11-21-17(3)20-10-9-19(31-4)14-22(20)32-25(21)30/h5-10,13-14H,11-12H2,1-4H3,(H,26,29). The number of carbonyl (C=O) groups is 1. The van der Waals surface area contributed by atoms with Gasteiger partial charge >= 0.3 is 5.63 Å². The molecule has 164 valence electrons. The van der Waals surface area contributed by atoms with E-state index in [2.05, 4.69) is 10.4 Å². The molecule has 4 rings (SSSR count). The molecule has 0 fully saturated rings. The molecule has 4 aromatic rings. The van der Waals surface area contributed by atoms with Crippen molar-refractivity contribution in [3.05, 3.63) is 81.3 Å². The average molecular weight is 431 g/mol. The number of fused-ring (bicyclic) bond motifs is 1. The monoisotopic (exact) mass is 431 g/mol. The van der Waals surface area contributed by atoms with Gasteiger partial charge in [0.05, 0.1) is 18.5 Å². The minimum Gasteiger partial charge on any atom is -0.497 e. The number of ether oxygens (including phenoxy) is 1. The first-order chi connectivity index (χ1) is 15.4. The van der Waals surface area contributed by atoms with Gasteiger partial charge in [-0.15, -0.1) is 0 Å². The molecular weight excluding hydrogens is 406 g/mol. The highest BCUT2D eigenvalue weighted by molar-refractivity contribution is 5.90. The summed E-state index contributed by atoms with van der Waals surface area (Å²) in [6, 6.07) is 15.1. The molecule has 2 heterocycles. The van der Waals surface area contributed by atoms with E-state index < -0.39 is 5.63 Å². The summed E-state index contributed by atoms with van der Waals surface area (Å²) in [5.74, 6) is 1.00. The third-order valence-electron chi connectivity index (χ3n) is 5.47. The van der Waals surface area contributed by atoms with E-state index in [9.17, 15) is 9.59 Å². The van der Waals surface area contributed by atoms with Crippen LogP contribution in [-0.4, -0.2) is 22.8 Å². The zero-order chi connectivity index (χ0) is 22.8. The molecule has 2 aromatic heterocycles. The molecule has 0 atom stereocenters. The number of anilines is 1. The van der Waals surface area contributed by atoms with Crippen LogP contribution in [0, 0.1) is 20.8 Å². The van der Waals surface area contributed by atoms with E-state index in [1.165, 1.54) is 0 Å². The summed E-state index contributed by atoms with van der Waals surface area (Å²) in [6.45, 7) is 5.76. The Bertz CT molecular complexity index is 1350. The van der Waals surface area contributed by atoms with Crippen LogP contribution in [-0.2, 0) is 11.2 Å². The number of amides is 1. The van der Waals surface area contributed by atoms with Crippen molar-refractivity contribution in [1.82, 2.24) is 9.78 Å². The van der Waals surface area contributed by atoms with Gasteiger partial charge in [0.15, 0.2) is 0 Å². The molecule has 0 aliphatic rings. The van der Waals surface area contributed by atoms with Crippen molar-refractivity contribution in [3.63, 3.8) is 0 Å². The molecule has 32 heavy (non-hydrogen) atoms. The second kappa shape index (κ2) is 8.70. The number of aryl methyl sites for hydroxylation is 3. The van der Waals surface area contributed by atoms with Crippen LogP contribution in [0.2, 0.25) is 0 Å². The maximum Gasteiger partial charge on any atom is 0.339 e. The number of nitrogens with zero attached hydrogens (tertiary/aromatic N) is 2. The highest BCUT2D eigenvalue weighted by Gasteiger charge is 2.15. The van der Waals surface area contributed by atoms with Crippen molar-refractivity contribution in [1.29, 1.82) is 0 Å². The topological polar surface area (TPSA) is 86.4 Å². The van der Waals surface area contributed by atoms with Crippen LogP contribution in [0.15, 0.2) is 57.7 Å². The molecule has 1 N–H and O–H groups in total. The van der Waals surface area contributed by atoms with Gasteiger partial charge in [0.1, 0.15) is 17.2 Å². The molecular formula is C25H25N3O4. The highest BCUT2D eigenvalue weighted by Crippen LogP contribution is 2.25. The zero-order valence-electron chi connectivity index (χ0n) is 18.6. The largest absolute Gasteiger partial charge is 0.497 e. The summed E-state index contributed by atoms with van der Waals surface area (Å²) < 4.78 is 12.4. The van der Waals surface area contributed by atoms with Crippen molar-refractivity contribution >= 4 is 22.7 Å². The lowest BCUT2D eigenvalue weighted by Gasteiger charge is -2.11. The molecule has 0 unspecified atom stereocenters. The summed E-state index contributed by atoms with van der Waals surface area (Å²) in [5, 5.41) is 8.23. The third kappa shape index (κ3) is 4.27. The normalized spacial score (nSPS) is 11.0. The summed E-state index contributed by atoms with van der Waals surface area (Å²) in [4.78, 5) is 25.2. The van der Waals surface area contributed by atoms with Crippen molar-refractivity contribution in [2.45, 2.75) is 33.6 Å². The first kappa shape index (κ1) is 21.4.